The molecule has 2 N–H and O–H groups in total. The Hall–Kier alpha value is -0.540. The van der Waals surface area contributed by atoms with Gasteiger partial charge in [0.1, 0.15) is 5.75 Å². The van der Waals surface area contributed by atoms with E-state index in [2.05, 4.69) is 28.9 Å². The summed E-state index contributed by atoms with van der Waals surface area (Å²) in [6.45, 7) is 3.65. The molecule has 3 heteroatoms. The van der Waals surface area contributed by atoms with E-state index < -0.39 is 0 Å². The van der Waals surface area contributed by atoms with Gasteiger partial charge < -0.3 is 10.5 Å². The van der Waals surface area contributed by atoms with Crippen molar-refractivity contribution in [1.29, 1.82) is 0 Å². The van der Waals surface area contributed by atoms with Gasteiger partial charge in [-0.25, -0.2) is 0 Å². The first-order valence-corrected chi connectivity index (χ1v) is 6.68. The number of ether oxygens (including phenoxy) is 1. The number of halogens is 1. The van der Waals surface area contributed by atoms with E-state index >= 15 is 0 Å². The van der Waals surface area contributed by atoms with Crippen molar-refractivity contribution in [2.45, 2.75) is 32.6 Å². The average Bonchev–Trinajstić information content (AvgIpc) is 2.27. The van der Waals surface area contributed by atoms with Gasteiger partial charge in [-0.2, -0.15) is 0 Å². The second-order valence-electron chi connectivity index (χ2n) is 3.85. The van der Waals surface area contributed by atoms with E-state index in [9.17, 15) is 0 Å². The van der Waals surface area contributed by atoms with E-state index in [1.54, 1.807) is 0 Å². The molecule has 0 atom stereocenters. The molecule has 2 nitrogen and oxygen atoms in total. The summed E-state index contributed by atoms with van der Waals surface area (Å²) in [7, 11) is 0. The Kier molecular flexibility index (Phi) is 6.50. The highest BCUT2D eigenvalue weighted by Crippen LogP contribution is 2.23. The normalized spacial score (nSPS) is 10.4. The minimum atomic E-state index is 0.655. The Morgan fingerprint density at radius 3 is 2.81 bits per heavy atom. The van der Waals surface area contributed by atoms with E-state index in [-0.39, 0.29) is 0 Å². The van der Waals surface area contributed by atoms with E-state index in [0.29, 0.717) is 6.54 Å². The second-order valence-corrected chi connectivity index (χ2v) is 4.76. The summed E-state index contributed by atoms with van der Waals surface area (Å²) in [5.74, 6) is 0.977. The van der Waals surface area contributed by atoms with Gasteiger partial charge in [0.2, 0.25) is 0 Å². The van der Waals surface area contributed by atoms with Gasteiger partial charge in [-0.3, -0.25) is 0 Å². The molecular formula is C13H20BrNO. The zero-order valence-electron chi connectivity index (χ0n) is 9.84. The number of rotatable bonds is 7. The second kappa shape index (κ2) is 7.69. The van der Waals surface area contributed by atoms with Crippen LogP contribution >= 0.6 is 15.9 Å². The highest BCUT2D eigenvalue weighted by molar-refractivity contribution is 9.10. The Morgan fingerprint density at radius 1 is 1.31 bits per heavy atom. The van der Waals surface area contributed by atoms with Crippen LogP contribution in [0, 0.1) is 0 Å². The fourth-order valence-electron chi connectivity index (χ4n) is 1.57. The number of hydrogen-bond acceptors (Lipinski definition) is 2. The molecule has 0 aliphatic carbocycles. The van der Waals surface area contributed by atoms with Crippen molar-refractivity contribution in [3.63, 3.8) is 0 Å². The maximum absolute atomic E-state index is 5.77. The quantitative estimate of drug-likeness (QED) is 0.778. The summed E-state index contributed by atoms with van der Waals surface area (Å²) in [6, 6.07) is 6.11. The highest BCUT2D eigenvalue weighted by Gasteiger charge is 2.03. The van der Waals surface area contributed by atoms with Gasteiger partial charge in [-0.15, -0.1) is 0 Å². The van der Waals surface area contributed by atoms with Crippen LogP contribution in [0.4, 0.5) is 0 Å². The lowest BCUT2D eigenvalue weighted by Crippen LogP contribution is -2.06. The third-order valence-electron chi connectivity index (χ3n) is 2.44. The molecule has 0 amide bonds. The summed E-state index contributed by atoms with van der Waals surface area (Å²) < 4.78 is 6.85. The van der Waals surface area contributed by atoms with Crippen molar-refractivity contribution in [2.75, 3.05) is 13.2 Å². The van der Waals surface area contributed by atoms with E-state index in [1.807, 2.05) is 12.1 Å². The van der Waals surface area contributed by atoms with Crippen LogP contribution in [0.2, 0.25) is 0 Å². The van der Waals surface area contributed by atoms with Crippen LogP contribution in [0.25, 0.3) is 0 Å². The average molecular weight is 286 g/mol. The van der Waals surface area contributed by atoms with Gasteiger partial charge in [-0.1, -0.05) is 35.7 Å². The molecule has 0 aromatic heterocycles. The lowest BCUT2D eigenvalue weighted by Gasteiger charge is -2.11. The molecule has 90 valence electrons. The Bertz CT molecular complexity index is 315. The zero-order chi connectivity index (χ0) is 11.8. The van der Waals surface area contributed by atoms with Crippen molar-refractivity contribution in [2.24, 2.45) is 5.73 Å². The van der Waals surface area contributed by atoms with E-state index in [0.717, 1.165) is 29.7 Å². The topological polar surface area (TPSA) is 35.2 Å². The minimum absolute atomic E-state index is 0.655. The first-order valence-electron chi connectivity index (χ1n) is 5.89. The summed E-state index contributed by atoms with van der Waals surface area (Å²) in [4.78, 5) is 0. The van der Waals surface area contributed by atoms with Gasteiger partial charge >= 0.3 is 0 Å². The molecule has 0 radical (unpaired) electrons. The monoisotopic (exact) mass is 285 g/mol. The maximum Gasteiger partial charge on any atom is 0.122 e. The van der Waals surface area contributed by atoms with Crippen LogP contribution in [0.15, 0.2) is 22.7 Å². The van der Waals surface area contributed by atoms with Crippen molar-refractivity contribution < 1.29 is 4.74 Å². The predicted octanol–water partition coefficient (Wildman–Crippen LogP) is 3.52. The zero-order valence-corrected chi connectivity index (χ0v) is 11.4. The molecule has 0 heterocycles. The smallest absolute Gasteiger partial charge is 0.122 e. The predicted molar refractivity (Wildman–Crippen MR) is 71.9 cm³/mol. The molecule has 0 bridgehead atoms. The molecule has 1 aromatic carbocycles. The van der Waals surface area contributed by atoms with Crippen LogP contribution in [0.1, 0.15) is 31.7 Å². The van der Waals surface area contributed by atoms with Crippen LogP contribution < -0.4 is 10.5 Å². The Morgan fingerprint density at radius 2 is 2.12 bits per heavy atom. The lowest BCUT2D eigenvalue weighted by molar-refractivity contribution is 0.303. The first kappa shape index (κ1) is 13.5. The van der Waals surface area contributed by atoms with Gasteiger partial charge in [0.25, 0.3) is 0 Å². The molecule has 0 fully saturated rings. The van der Waals surface area contributed by atoms with Gasteiger partial charge in [-0.05, 0) is 43.1 Å². The summed E-state index contributed by atoms with van der Waals surface area (Å²) in [5.41, 5.74) is 6.77. The van der Waals surface area contributed by atoms with Gasteiger partial charge in [0, 0.05) is 4.47 Å². The summed E-state index contributed by atoms with van der Waals surface area (Å²) in [6.07, 6.45) is 4.43. The molecule has 1 rings (SSSR count). The van der Waals surface area contributed by atoms with Crippen molar-refractivity contribution in [3.05, 3.63) is 28.2 Å². The van der Waals surface area contributed by atoms with Crippen molar-refractivity contribution >= 4 is 15.9 Å². The van der Waals surface area contributed by atoms with Crippen LogP contribution in [-0.4, -0.2) is 13.2 Å². The molecule has 0 unspecified atom stereocenters. The third-order valence-corrected chi connectivity index (χ3v) is 2.93. The van der Waals surface area contributed by atoms with Crippen LogP contribution in [0.5, 0.6) is 5.75 Å². The molecule has 16 heavy (non-hydrogen) atoms. The van der Waals surface area contributed by atoms with Crippen molar-refractivity contribution in [1.82, 2.24) is 0 Å². The molecule has 0 spiro atoms. The lowest BCUT2D eigenvalue weighted by atomic mass is 10.1. The molecule has 0 aliphatic heterocycles. The Balaban J connectivity index is 2.56. The molecular weight excluding hydrogens is 266 g/mol. The fraction of sp³-hybridized carbons (Fsp3) is 0.538. The minimum Gasteiger partial charge on any atom is -0.493 e. The molecule has 0 aliphatic rings. The molecule has 0 saturated heterocycles. The summed E-state index contributed by atoms with van der Waals surface area (Å²) >= 11 is 3.46. The van der Waals surface area contributed by atoms with Crippen LogP contribution in [-0.2, 0) is 6.42 Å². The largest absolute Gasteiger partial charge is 0.493 e. The van der Waals surface area contributed by atoms with Gasteiger partial charge in [0.15, 0.2) is 0 Å². The van der Waals surface area contributed by atoms with E-state index in [1.165, 1.54) is 18.4 Å². The number of hydrogen-bond donors (Lipinski definition) is 1. The van der Waals surface area contributed by atoms with Crippen LogP contribution in [0.3, 0.4) is 0 Å². The Labute approximate surface area is 106 Å². The standard InChI is InChI=1S/C13H20BrNO/c1-2-3-4-9-16-13-6-5-12(14)10-11(13)7-8-15/h5-6,10H,2-4,7-9,15H2,1H3. The van der Waals surface area contributed by atoms with E-state index in [4.69, 9.17) is 10.5 Å². The maximum atomic E-state index is 5.77. The fourth-order valence-corrected chi connectivity index (χ4v) is 1.98. The molecule has 0 saturated carbocycles. The SMILES string of the molecule is CCCCCOc1ccc(Br)cc1CCN. The van der Waals surface area contributed by atoms with Crippen molar-refractivity contribution in [3.8, 4) is 5.75 Å². The first-order chi connectivity index (χ1) is 7.77. The summed E-state index contributed by atoms with van der Waals surface area (Å²) in [5, 5.41) is 0. The third kappa shape index (κ3) is 4.54. The number of nitrogens with two attached hydrogens (primary N) is 1. The van der Waals surface area contributed by atoms with Gasteiger partial charge in [0.05, 0.1) is 6.61 Å². The highest BCUT2D eigenvalue weighted by atomic mass is 79.9. The number of unbranched alkanes of at least 4 members (excludes halogenated alkanes) is 2. The number of benzene rings is 1. The molecule has 1 aromatic rings.